The van der Waals surface area contributed by atoms with Crippen molar-refractivity contribution in [3.05, 3.63) is 28.9 Å². The Morgan fingerprint density at radius 2 is 2.43 bits per heavy atom. The van der Waals surface area contributed by atoms with Crippen molar-refractivity contribution >= 4 is 17.3 Å². The second-order valence-electron chi connectivity index (χ2n) is 2.69. The molecule has 0 aliphatic rings. The van der Waals surface area contributed by atoms with Crippen LogP contribution in [0.5, 0.6) is 0 Å². The Morgan fingerprint density at radius 1 is 1.64 bits per heavy atom. The van der Waals surface area contributed by atoms with E-state index in [0.717, 1.165) is 5.00 Å². The van der Waals surface area contributed by atoms with E-state index in [4.69, 9.17) is 5.11 Å². The Bertz CT molecular complexity index is 461. The van der Waals surface area contributed by atoms with Gasteiger partial charge in [-0.25, -0.2) is 9.48 Å². The van der Waals surface area contributed by atoms with Crippen LogP contribution >= 0.6 is 11.3 Å². The van der Waals surface area contributed by atoms with Crippen molar-refractivity contribution < 1.29 is 9.90 Å². The highest BCUT2D eigenvalue weighted by Crippen LogP contribution is 2.16. The van der Waals surface area contributed by atoms with Gasteiger partial charge in [0.05, 0.1) is 5.69 Å². The van der Waals surface area contributed by atoms with Gasteiger partial charge in [-0.05, 0) is 24.4 Å². The van der Waals surface area contributed by atoms with E-state index >= 15 is 0 Å². The molecular weight excluding hydrogens is 202 g/mol. The summed E-state index contributed by atoms with van der Waals surface area (Å²) in [5.41, 5.74) is 0.540. The van der Waals surface area contributed by atoms with Gasteiger partial charge in [-0.15, -0.1) is 16.4 Å². The number of hydrogen-bond acceptors (Lipinski definition) is 4. The molecule has 0 bridgehead atoms. The molecule has 0 unspecified atom stereocenters. The van der Waals surface area contributed by atoms with Crippen LogP contribution in [0.15, 0.2) is 17.5 Å². The predicted octanol–water partition coefficient (Wildman–Crippen LogP) is 1.34. The summed E-state index contributed by atoms with van der Waals surface area (Å²) in [4.78, 5) is 10.7. The molecule has 0 spiro atoms. The lowest BCUT2D eigenvalue weighted by Crippen LogP contribution is -2.01. The fourth-order valence-electron chi connectivity index (χ4n) is 1.13. The van der Waals surface area contributed by atoms with Gasteiger partial charge in [-0.1, -0.05) is 5.21 Å². The van der Waals surface area contributed by atoms with E-state index in [0.29, 0.717) is 5.69 Å². The molecule has 0 saturated carbocycles. The maximum absolute atomic E-state index is 10.7. The molecule has 0 amide bonds. The molecule has 2 aromatic rings. The van der Waals surface area contributed by atoms with Crippen molar-refractivity contribution in [2.24, 2.45) is 0 Å². The van der Waals surface area contributed by atoms with Crippen LogP contribution in [0.25, 0.3) is 5.00 Å². The van der Waals surface area contributed by atoms with Crippen molar-refractivity contribution in [3.63, 3.8) is 0 Å². The topological polar surface area (TPSA) is 68.0 Å². The standard InChI is InChI=1S/C8H7N3O2S/c1-5-7(8(12)13)9-10-11(5)6-3-2-4-14-6/h2-4H,1H3,(H,12,13). The molecule has 72 valence electrons. The fraction of sp³-hybridized carbons (Fsp3) is 0.125. The van der Waals surface area contributed by atoms with Crippen LogP contribution in [-0.2, 0) is 0 Å². The number of rotatable bonds is 2. The number of carbonyl (C=O) groups is 1. The summed E-state index contributed by atoms with van der Waals surface area (Å²) in [5.74, 6) is -1.05. The van der Waals surface area contributed by atoms with Crippen molar-refractivity contribution in [3.8, 4) is 5.00 Å². The smallest absolute Gasteiger partial charge is 0.358 e. The lowest BCUT2D eigenvalue weighted by atomic mass is 10.3. The molecule has 1 N–H and O–H groups in total. The summed E-state index contributed by atoms with van der Waals surface area (Å²) >= 11 is 1.48. The zero-order valence-corrected chi connectivity index (χ0v) is 8.15. The number of hydrogen-bond donors (Lipinski definition) is 1. The molecule has 0 aliphatic carbocycles. The molecule has 6 heteroatoms. The minimum atomic E-state index is -1.05. The molecule has 2 aromatic heterocycles. The lowest BCUT2D eigenvalue weighted by Gasteiger charge is -1.97. The fourth-order valence-corrected chi connectivity index (χ4v) is 1.85. The normalized spacial score (nSPS) is 10.4. The van der Waals surface area contributed by atoms with Gasteiger partial charge in [0, 0.05) is 0 Å². The number of nitrogens with zero attached hydrogens (tertiary/aromatic N) is 3. The first-order chi connectivity index (χ1) is 6.70. The minimum absolute atomic E-state index is 0.00148. The van der Waals surface area contributed by atoms with Crippen molar-refractivity contribution in [1.29, 1.82) is 0 Å². The van der Waals surface area contributed by atoms with Crippen LogP contribution in [0, 0.1) is 6.92 Å². The van der Waals surface area contributed by atoms with Crippen LogP contribution in [-0.4, -0.2) is 26.1 Å². The van der Waals surface area contributed by atoms with Gasteiger partial charge in [-0.2, -0.15) is 0 Å². The van der Waals surface area contributed by atoms with E-state index in [1.807, 2.05) is 17.5 Å². The summed E-state index contributed by atoms with van der Waals surface area (Å²) < 4.78 is 1.52. The van der Waals surface area contributed by atoms with Crippen LogP contribution in [0.1, 0.15) is 16.2 Å². The molecule has 5 nitrogen and oxygen atoms in total. The third-order valence-electron chi connectivity index (χ3n) is 1.81. The molecule has 0 atom stereocenters. The Morgan fingerprint density at radius 3 is 2.93 bits per heavy atom. The second-order valence-corrected chi connectivity index (χ2v) is 3.62. The van der Waals surface area contributed by atoms with E-state index < -0.39 is 5.97 Å². The third kappa shape index (κ3) is 1.29. The first kappa shape index (κ1) is 8.89. The number of aromatic carboxylic acids is 1. The highest BCUT2D eigenvalue weighted by Gasteiger charge is 2.15. The maximum atomic E-state index is 10.7. The number of carboxylic acid groups (broad SMARTS) is 1. The SMILES string of the molecule is Cc1c(C(=O)O)nnn1-c1cccs1. The van der Waals surface area contributed by atoms with Gasteiger partial charge in [0.1, 0.15) is 5.00 Å². The average molecular weight is 209 g/mol. The molecule has 14 heavy (non-hydrogen) atoms. The molecule has 0 fully saturated rings. The minimum Gasteiger partial charge on any atom is -0.476 e. The maximum Gasteiger partial charge on any atom is 0.358 e. The van der Waals surface area contributed by atoms with E-state index in [-0.39, 0.29) is 5.69 Å². The highest BCUT2D eigenvalue weighted by atomic mass is 32.1. The number of carboxylic acids is 1. The van der Waals surface area contributed by atoms with Crippen molar-refractivity contribution in [2.45, 2.75) is 6.92 Å². The van der Waals surface area contributed by atoms with Gasteiger partial charge >= 0.3 is 5.97 Å². The first-order valence-electron chi connectivity index (χ1n) is 3.89. The third-order valence-corrected chi connectivity index (χ3v) is 2.66. The molecule has 2 rings (SSSR count). The van der Waals surface area contributed by atoms with Crippen molar-refractivity contribution in [2.75, 3.05) is 0 Å². The first-order valence-corrected chi connectivity index (χ1v) is 4.77. The van der Waals surface area contributed by atoms with Crippen LogP contribution < -0.4 is 0 Å². The Labute approximate surface area is 83.6 Å². The Balaban J connectivity index is 2.52. The molecule has 0 radical (unpaired) electrons. The number of aromatic nitrogens is 3. The summed E-state index contributed by atoms with van der Waals surface area (Å²) in [6, 6.07) is 3.74. The van der Waals surface area contributed by atoms with Gasteiger partial charge in [-0.3, -0.25) is 0 Å². The molecule has 0 aliphatic heterocycles. The Hall–Kier alpha value is -1.69. The van der Waals surface area contributed by atoms with E-state index in [2.05, 4.69) is 10.3 Å². The monoisotopic (exact) mass is 209 g/mol. The summed E-state index contributed by atoms with van der Waals surface area (Å²) in [7, 11) is 0. The number of thiophene rings is 1. The van der Waals surface area contributed by atoms with Crippen molar-refractivity contribution in [1.82, 2.24) is 15.0 Å². The summed E-state index contributed by atoms with van der Waals surface area (Å²) in [6.45, 7) is 1.68. The largest absolute Gasteiger partial charge is 0.476 e. The predicted molar refractivity (Wildman–Crippen MR) is 50.9 cm³/mol. The highest BCUT2D eigenvalue weighted by molar-refractivity contribution is 7.12. The molecule has 0 saturated heterocycles. The van der Waals surface area contributed by atoms with E-state index in [1.54, 1.807) is 6.92 Å². The molecule has 0 aromatic carbocycles. The molecular formula is C8H7N3O2S. The molecule has 2 heterocycles. The quantitative estimate of drug-likeness (QED) is 0.810. The lowest BCUT2D eigenvalue weighted by molar-refractivity contribution is 0.0689. The van der Waals surface area contributed by atoms with Gasteiger partial charge in [0.25, 0.3) is 0 Å². The Kier molecular flexibility index (Phi) is 2.05. The van der Waals surface area contributed by atoms with Crippen LogP contribution in [0.3, 0.4) is 0 Å². The van der Waals surface area contributed by atoms with Gasteiger partial charge < -0.3 is 5.11 Å². The van der Waals surface area contributed by atoms with Gasteiger partial charge in [0.2, 0.25) is 0 Å². The zero-order chi connectivity index (χ0) is 10.1. The zero-order valence-electron chi connectivity index (χ0n) is 7.34. The van der Waals surface area contributed by atoms with Gasteiger partial charge in [0.15, 0.2) is 5.69 Å². The summed E-state index contributed by atoms with van der Waals surface area (Å²) in [6.07, 6.45) is 0. The average Bonchev–Trinajstić information content (AvgIpc) is 2.71. The van der Waals surface area contributed by atoms with E-state index in [9.17, 15) is 4.79 Å². The summed E-state index contributed by atoms with van der Waals surface area (Å²) in [5, 5.41) is 18.9. The van der Waals surface area contributed by atoms with E-state index in [1.165, 1.54) is 16.0 Å². The van der Waals surface area contributed by atoms with Crippen LogP contribution in [0.2, 0.25) is 0 Å². The second kappa shape index (κ2) is 3.22. The van der Waals surface area contributed by atoms with Crippen LogP contribution in [0.4, 0.5) is 0 Å².